The van der Waals surface area contributed by atoms with Crippen molar-refractivity contribution in [3.8, 4) is 0 Å². The van der Waals surface area contributed by atoms with Gasteiger partial charge in [-0.2, -0.15) is 15.4 Å². The summed E-state index contributed by atoms with van der Waals surface area (Å²) in [5.41, 5.74) is 0.898. The Morgan fingerprint density at radius 1 is 1.69 bits per heavy atom. The van der Waals surface area contributed by atoms with Gasteiger partial charge in [-0.3, -0.25) is 0 Å². The third-order valence-corrected chi connectivity index (χ3v) is 1.76. The summed E-state index contributed by atoms with van der Waals surface area (Å²) in [5.74, 6) is 0. The molecule has 0 fully saturated rings. The van der Waals surface area contributed by atoms with Crippen LogP contribution >= 0.6 is 0 Å². The first-order chi connectivity index (χ1) is 6.38. The third kappa shape index (κ3) is 3.12. The number of hydrogen-bond donors (Lipinski definition) is 2. The van der Waals surface area contributed by atoms with Crippen LogP contribution in [0, 0.1) is 0 Å². The lowest BCUT2D eigenvalue weighted by molar-refractivity contribution is 0.165. The van der Waals surface area contributed by atoms with Crippen molar-refractivity contribution < 1.29 is 4.74 Å². The van der Waals surface area contributed by atoms with Gasteiger partial charge in [0.1, 0.15) is 5.69 Å². The molecule has 1 unspecified atom stereocenters. The summed E-state index contributed by atoms with van der Waals surface area (Å²) in [4.78, 5) is 0. The lowest BCUT2D eigenvalue weighted by atomic mass is 10.2. The van der Waals surface area contributed by atoms with E-state index in [-0.39, 0.29) is 6.04 Å². The number of methoxy groups -OCH3 is 1. The molecule has 2 N–H and O–H groups in total. The highest BCUT2D eigenvalue weighted by molar-refractivity contribution is 4.99. The summed E-state index contributed by atoms with van der Waals surface area (Å²) in [7, 11) is 1.68. The molecule has 74 valence electrons. The van der Waals surface area contributed by atoms with Gasteiger partial charge >= 0.3 is 0 Å². The number of rotatable bonds is 6. The molecule has 0 amide bonds. The van der Waals surface area contributed by atoms with Crippen LogP contribution in [-0.2, 0) is 4.74 Å². The summed E-state index contributed by atoms with van der Waals surface area (Å²) in [6.07, 6.45) is 2.81. The van der Waals surface area contributed by atoms with Crippen LogP contribution in [0.15, 0.2) is 6.20 Å². The number of aromatic amines is 1. The van der Waals surface area contributed by atoms with E-state index >= 15 is 0 Å². The van der Waals surface area contributed by atoms with E-state index < -0.39 is 0 Å². The van der Waals surface area contributed by atoms with E-state index in [2.05, 4.69) is 27.7 Å². The number of nitrogens with zero attached hydrogens (tertiary/aromatic N) is 2. The SMILES string of the molecule is CCCNC(COC)c1cn[nH]n1. The molecule has 0 aliphatic heterocycles. The monoisotopic (exact) mass is 184 g/mol. The van der Waals surface area contributed by atoms with E-state index in [1.54, 1.807) is 13.3 Å². The zero-order valence-electron chi connectivity index (χ0n) is 8.08. The highest BCUT2D eigenvalue weighted by atomic mass is 16.5. The van der Waals surface area contributed by atoms with Gasteiger partial charge in [0.15, 0.2) is 0 Å². The van der Waals surface area contributed by atoms with E-state index in [1.807, 2.05) is 0 Å². The zero-order valence-corrected chi connectivity index (χ0v) is 8.08. The molecule has 0 radical (unpaired) electrons. The lowest BCUT2D eigenvalue weighted by Gasteiger charge is -2.14. The normalized spacial score (nSPS) is 13.1. The predicted molar refractivity (Wildman–Crippen MR) is 49.3 cm³/mol. The van der Waals surface area contributed by atoms with Crippen molar-refractivity contribution in [3.63, 3.8) is 0 Å². The van der Waals surface area contributed by atoms with Crippen molar-refractivity contribution >= 4 is 0 Å². The second-order valence-electron chi connectivity index (χ2n) is 2.86. The number of H-pyrrole nitrogens is 1. The molecule has 0 aliphatic rings. The predicted octanol–water partition coefficient (Wildman–Crippen LogP) is 0.492. The molecular weight excluding hydrogens is 168 g/mol. The van der Waals surface area contributed by atoms with Crippen molar-refractivity contribution in [1.82, 2.24) is 20.7 Å². The fourth-order valence-electron chi connectivity index (χ4n) is 1.11. The van der Waals surface area contributed by atoms with E-state index in [0.717, 1.165) is 18.7 Å². The highest BCUT2D eigenvalue weighted by Gasteiger charge is 2.12. The molecule has 1 rings (SSSR count). The van der Waals surface area contributed by atoms with Gasteiger partial charge in [-0.1, -0.05) is 6.92 Å². The molecule has 1 aromatic heterocycles. The minimum absolute atomic E-state index is 0.142. The standard InChI is InChI=1S/C8H16N4O/c1-3-4-9-8(6-13-2)7-5-10-12-11-7/h5,8-9H,3-4,6H2,1-2H3,(H,10,11,12). The first-order valence-corrected chi connectivity index (χ1v) is 4.46. The molecule has 0 aromatic carbocycles. The average Bonchev–Trinajstić information content (AvgIpc) is 2.65. The highest BCUT2D eigenvalue weighted by Crippen LogP contribution is 2.07. The van der Waals surface area contributed by atoms with Crippen LogP contribution in [0.2, 0.25) is 0 Å². The molecule has 0 bridgehead atoms. The van der Waals surface area contributed by atoms with Crippen molar-refractivity contribution in [3.05, 3.63) is 11.9 Å². The van der Waals surface area contributed by atoms with Crippen LogP contribution in [0.4, 0.5) is 0 Å². The van der Waals surface area contributed by atoms with Gasteiger partial charge in [-0.05, 0) is 13.0 Å². The summed E-state index contributed by atoms with van der Waals surface area (Å²) < 4.78 is 5.08. The minimum Gasteiger partial charge on any atom is -0.383 e. The molecule has 0 aliphatic carbocycles. The lowest BCUT2D eigenvalue weighted by Crippen LogP contribution is -2.26. The Hall–Kier alpha value is -0.940. The maximum absolute atomic E-state index is 5.08. The molecule has 13 heavy (non-hydrogen) atoms. The van der Waals surface area contributed by atoms with Crippen LogP contribution < -0.4 is 5.32 Å². The number of aromatic nitrogens is 3. The van der Waals surface area contributed by atoms with Gasteiger partial charge in [-0.15, -0.1) is 0 Å². The maximum Gasteiger partial charge on any atom is 0.102 e. The molecule has 1 aromatic rings. The van der Waals surface area contributed by atoms with Crippen molar-refractivity contribution in [2.45, 2.75) is 19.4 Å². The average molecular weight is 184 g/mol. The van der Waals surface area contributed by atoms with Gasteiger partial charge in [0, 0.05) is 7.11 Å². The van der Waals surface area contributed by atoms with E-state index in [9.17, 15) is 0 Å². The van der Waals surface area contributed by atoms with E-state index in [0.29, 0.717) is 6.61 Å². The molecule has 5 heteroatoms. The molecule has 5 nitrogen and oxygen atoms in total. The first kappa shape index (κ1) is 10.1. The Morgan fingerprint density at radius 2 is 2.54 bits per heavy atom. The minimum atomic E-state index is 0.142. The van der Waals surface area contributed by atoms with Gasteiger partial charge in [-0.25, -0.2) is 0 Å². The topological polar surface area (TPSA) is 62.8 Å². The largest absolute Gasteiger partial charge is 0.383 e. The molecule has 0 spiro atoms. The summed E-state index contributed by atoms with van der Waals surface area (Å²) in [5, 5.41) is 13.7. The Labute approximate surface area is 77.9 Å². The Morgan fingerprint density at radius 3 is 3.08 bits per heavy atom. The van der Waals surface area contributed by atoms with Crippen LogP contribution in [0.1, 0.15) is 25.1 Å². The fraction of sp³-hybridized carbons (Fsp3) is 0.750. The van der Waals surface area contributed by atoms with E-state index in [4.69, 9.17) is 4.74 Å². The van der Waals surface area contributed by atoms with E-state index in [1.165, 1.54) is 0 Å². The van der Waals surface area contributed by atoms with Gasteiger partial charge in [0.2, 0.25) is 0 Å². The van der Waals surface area contributed by atoms with Crippen LogP contribution in [0.3, 0.4) is 0 Å². The van der Waals surface area contributed by atoms with Crippen molar-refractivity contribution in [1.29, 1.82) is 0 Å². The van der Waals surface area contributed by atoms with Crippen LogP contribution in [-0.4, -0.2) is 35.7 Å². The summed E-state index contributed by atoms with van der Waals surface area (Å²) in [6, 6.07) is 0.142. The third-order valence-electron chi connectivity index (χ3n) is 1.76. The second-order valence-corrected chi connectivity index (χ2v) is 2.86. The summed E-state index contributed by atoms with van der Waals surface area (Å²) in [6.45, 7) is 3.70. The van der Waals surface area contributed by atoms with Gasteiger partial charge < -0.3 is 10.1 Å². The van der Waals surface area contributed by atoms with Gasteiger partial charge in [0.25, 0.3) is 0 Å². The number of ether oxygens (including phenoxy) is 1. The Kier molecular flexibility index (Phi) is 4.42. The zero-order chi connectivity index (χ0) is 9.52. The smallest absolute Gasteiger partial charge is 0.102 e. The summed E-state index contributed by atoms with van der Waals surface area (Å²) >= 11 is 0. The second kappa shape index (κ2) is 5.66. The van der Waals surface area contributed by atoms with Crippen LogP contribution in [0.5, 0.6) is 0 Å². The molecule has 1 heterocycles. The fourth-order valence-corrected chi connectivity index (χ4v) is 1.11. The first-order valence-electron chi connectivity index (χ1n) is 4.46. The Bertz CT molecular complexity index is 212. The Balaban J connectivity index is 2.47. The number of nitrogens with one attached hydrogen (secondary N) is 2. The van der Waals surface area contributed by atoms with Crippen molar-refractivity contribution in [2.24, 2.45) is 0 Å². The number of hydrogen-bond acceptors (Lipinski definition) is 4. The molecule has 0 saturated carbocycles. The van der Waals surface area contributed by atoms with Crippen LogP contribution in [0.25, 0.3) is 0 Å². The van der Waals surface area contributed by atoms with Crippen molar-refractivity contribution in [2.75, 3.05) is 20.3 Å². The molecular formula is C8H16N4O. The molecule has 1 atom stereocenters. The maximum atomic E-state index is 5.08. The quantitative estimate of drug-likeness (QED) is 0.675. The van der Waals surface area contributed by atoms with Gasteiger partial charge in [0.05, 0.1) is 18.8 Å². The molecule has 0 saturated heterocycles.